The SMILES string of the molecule is Cc1cc(C)cc(NC(=O)CN2C(=O)S/C(=C/c3cccc(C)n3)C2=O)c1. The summed E-state index contributed by atoms with van der Waals surface area (Å²) in [6, 6.07) is 11.1. The monoisotopic (exact) mass is 381 g/mol. The largest absolute Gasteiger partial charge is 0.325 e. The number of aryl methyl sites for hydroxylation is 3. The number of nitrogens with one attached hydrogen (secondary N) is 1. The Bertz CT molecular complexity index is 948. The van der Waals surface area contributed by atoms with Crippen molar-refractivity contribution in [2.75, 3.05) is 11.9 Å². The molecule has 1 fully saturated rings. The first kappa shape index (κ1) is 18.8. The molecule has 1 aliphatic heterocycles. The number of hydrogen-bond acceptors (Lipinski definition) is 5. The maximum absolute atomic E-state index is 12.5. The van der Waals surface area contributed by atoms with E-state index in [4.69, 9.17) is 0 Å². The number of carbonyl (C=O) groups excluding carboxylic acids is 3. The summed E-state index contributed by atoms with van der Waals surface area (Å²) in [5.74, 6) is -0.902. The van der Waals surface area contributed by atoms with Crippen LogP contribution in [0.2, 0.25) is 0 Å². The molecule has 0 saturated carbocycles. The van der Waals surface area contributed by atoms with Crippen molar-refractivity contribution in [2.24, 2.45) is 0 Å². The lowest BCUT2D eigenvalue weighted by Gasteiger charge is -2.13. The first-order chi connectivity index (χ1) is 12.8. The van der Waals surface area contributed by atoms with Crippen LogP contribution in [0.3, 0.4) is 0 Å². The van der Waals surface area contributed by atoms with Gasteiger partial charge in [0.05, 0.1) is 10.6 Å². The standard InChI is InChI=1S/C20H19N3O3S/c1-12-7-13(2)9-16(8-12)22-18(24)11-23-19(25)17(27-20(23)26)10-15-6-4-5-14(3)21-15/h4-10H,11H2,1-3H3,(H,22,24)/b17-10+. The molecule has 138 valence electrons. The molecule has 0 radical (unpaired) electrons. The quantitative estimate of drug-likeness (QED) is 0.817. The molecule has 0 unspecified atom stereocenters. The van der Waals surface area contributed by atoms with Gasteiger partial charge >= 0.3 is 0 Å². The van der Waals surface area contributed by atoms with Gasteiger partial charge in [0, 0.05) is 11.4 Å². The second kappa shape index (κ2) is 7.75. The number of pyridine rings is 1. The molecular formula is C20H19N3O3S. The van der Waals surface area contributed by atoms with Crippen LogP contribution in [0.1, 0.15) is 22.5 Å². The molecule has 3 rings (SSSR count). The molecule has 1 saturated heterocycles. The fourth-order valence-corrected chi connectivity index (χ4v) is 3.63. The van der Waals surface area contributed by atoms with E-state index < -0.39 is 17.1 Å². The van der Waals surface area contributed by atoms with Crippen molar-refractivity contribution in [3.05, 3.63) is 63.8 Å². The van der Waals surface area contributed by atoms with Crippen molar-refractivity contribution in [1.29, 1.82) is 0 Å². The zero-order valence-corrected chi connectivity index (χ0v) is 16.1. The van der Waals surface area contributed by atoms with E-state index >= 15 is 0 Å². The molecule has 6 nitrogen and oxygen atoms in total. The number of benzene rings is 1. The van der Waals surface area contributed by atoms with Crippen LogP contribution >= 0.6 is 11.8 Å². The van der Waals surface area contributed by atoms with E-state index in [1.54, 1.807) is 12.1 Å². The van der Waals surface area contributed by atoms with Crippen molar-refractivity contribution < 1.29 is 14.4 Å². The Labute approximate surface area is 161 Å². The maximum Gasteiger partial charge on any atom is 0.294 e. The first-order valence-corrected chi connectivity index (χ1v) is 9.20. The molecule has 3 amide bonds. The molecule has 0 bridgehead atoms. The lowest BCUT2D eigenvalue weighted by molar-refractivity contribution is -0.127. The van der Waals surface area contributed by atoms with E-state index in [0.29, 0.717) is 11.4 Å². The molecule has 27 heavy (non-hydrogen) atoms. The van der Waals surface area contributed by atoms with E-state index in [0.717, 1.165) is 33.5 Å². The minimum Gasteiger partial charge on any atom is -0.325 e. The van der Waals surface area contributed by atoms with Gasteiger partial charge in [-0.1, -0.05) is 12.1 Å². The maximum atomic E-state index is 12.5. The summed E-state index contributed by atoms with van der Waals surface area (Å²) in [4.78, 5) is 42.5. The Morgan fingerprint density at radius 2 is 1.85 bits per heavy atom. The highest BCUT2D eigenvalue weighted by atomic mass is 32.2. The zero-order valence-electron chi connectivity index (χ0n) is 15.3. The van der Waals surface area contributed by atoms with E-state index in [9.17, 15) is 14.4 Å². The van der Waals surface area contributed by atoms with Crippen molar-refractivity contribution in [2.45, 2.75) is 20.8 Å². The Balaban J connectivity index is 1.71. The highest BCUT2D eigenvalue weighted by molar-refractivity contribution is 8.18. The summed E-state index contributed by atoms with van der Waals surface area (Å²) in [6.07, 6.45) is 1.57. The van der Waals surface area contributed by atoms with Crippen LogP contribution in [-0.2, 0) is 9.59 Å². The molecule has 1 aliphatic rings. The van der Waals surface area contributed by atoms with Crippen LogP contribution in [0.4, 0.5) is 10.5 Å². The summed E-state index contributed by atoms with van der Waals surface area (Å²) < 4.78 is 0. The Morgan fingerprint density at radius 3 is 2.52 bits per heavy atom. The van der Waals surface area contributed by atoms with E-state index in [1.807, 2.05) is 51.1 Å². The predicted molar refractivity (Wildman–Crippen MR) is 106 cm³/mol. The van der Waals surface area contributed by atoms with Gasteiger partial charge in [-0.25, -0.2) is 0 Å². The van der Waals surface area contributed by atoms with Gasteiger partial charge in [-0.2, -0.15) is 0 Å². The number of rotatable bonds is 4. The summed E-state index contributed by atoms with van der Waals surface area (Å²) in [7, 11) is 0. The van der Waals surface area contributed by atoms with E-state index in [-0.39, 0.29) is 11.4 Å². The van der Waals surface area contributed by atoms with Crippen LogP contribution in [0.5, 0.6) is 0 Å². The highest BCUT2D eigenvalue weighted by Gasteiger charge is 2.36. The van der Waals surface area contributed by atoms with Crippen molar-refractivity contribution >= 4 is 40.6 Å². The van der Waals surface area contributed by atoms with Crippen LogP contribution < -0.4 is 5.32 Å². The number of carbonyl (C=O) groups is 3. The van der Waals surface area contributed by atoms with Gasteiger partial charge in [-0.15, -0.1) is 0 Å². The Morgan fingerprint density at radius 1 is 1.15 bits per heavy atom. The van der Waals surface area contributed by atoms with Crippen LogP contribution in [0.25, 0.3) is 6.08 Å². The number of imide groups is 1. The summed E-state index contributed by atoms with van der Waals surface area (Å²) in [6.45, 7) is 5.39. The third-order valence-electron chi connectivity index (χ3n) is 3.87. The summed E-state index contributed by atoms with van der Waals surface area (Å²) >= 11 is 0.814. The summed E-state index contributed by atoms with van der Waals surface area (Å²) in [5, 5.41) is 2.27. The third kappa shape index (κ3) is 4.62. The number of aromatic nitrogens is 1. The molecule has 0 atom stereocenters. The van der Waals surface area contributed by atoms with Crippen molar-refractivity contribution in [3.63, 3.8) is 0 Å². The van der Waals surface area contributed by atoms with Crippen LogP contribution in [0, 0.1) is 20.8 Å². The van der Waals surface area contributed by atoms with E-state index in [1.165, 1.54) is 0 Å². The van der Waals surface area contributed by atoms with Crippen molar-refractivity contribution in [1.82, 2.24) is 9.88 Å². The zero-order chi connectivity index (χ0) is 19.6. The highest BCUT2D eigenvalue weighted by Crippen LogP contribution is 2.31. The van der Waals surface area contributed by atoms with Gasteiger partial charge in [0.15, 0.2) is 0 Å². The van der Waals surface area contributed by atoms with E-state index in [2.05, 4.69) is 10.3 Å². The van der Waals surface area contributed by atoms with Gasteiger partial charge in [-0.05, 0) is 74.0 Å². The van der Waals surface area contributed by atoms with Gasteiger partial charge < -0.3 is 5.32 Å². The normalized spacial score (nSPS) is 15.5. The number of amides is 3. The molecular weight excluding hydrogens is 362 g/mol. The van der Waals surface area contributed by atoms with Crippen LogP contribution in [0.15, 0.2) is 41.3 Å². The molecule has 1 aromatic carbocycles. The third-order valence-corrected chi connectivity index (χ3v) is 4.78. The van der Waals surface area contributed by atoms with Gasteiger partial charge in [0.1, 0.15) is 6.54 Å². The smallest absolute Gasteiger partial charge is 0.294 e. The average Bonchev–Trinajstić information content (AvgIpc) is 2.81. The molecule has 0 spiro atoms. The molecule has 2 aromatic rings. The minimum atomic E-state index is -0.483. The lowest BCUT2D eigenvalue weighted by Crippen LogP contribution is -2.36. The number of hydrogen-bond donors (Lipinski definition) is 1. The second-order valence-electron chi connectivity index (χ2n) is 6.40. The minimum absolute atomic E-state index is 0.261. The molecule has 0 aliphatic carbocycles. The Hall–Kier alpha value is -2.93. The van der Waals surface area contributed by atoms with Gasteiger partial charge in [0.25, 0.3) is 11.1 Å². The fourth-order valence-electron chi connectivity index (χ4n) is 2.81. The Kier molecular flexibility index (Phi) is 5.41. The van der Waals surface area contributed by atoms with Crippen LogP contribution in [-0.4, -0.2) is 33.5 Å². The number of anilines is 1. The molecule has 1 aromatic heterocycles. The topological polar surface area (TPSA) is 79.4 Å². The average molecular weight is 381 g/mol. The van der Waals surface area contributed by atoms with Gasteiger partial charge in [-0.3, -0.25) is 24.3 Å². The number of nitrogens with zero attached hydrogens (tertiary/aromatic N) is 2. The van der Waals surface area contributed by atoms with Gasteiger partial charge in [0.2, 0.25) is 5.91 Å². The molecule has 2 heterocycles. The molecule has 1 N–H and O–H groups in total. The van der Waals surface area contributed by atoms with Crippen molar-refractivity contribution in [3.8, 4) is 0 Å². The fraction of sp³-hybridized carbons (Fsp3) is 0.200. The number of thioether (sulfide) groups is 1. The lowest BCUT2D eigenvalue weighted by atomic mass is 10.1. The molecule has 7 heteroatoms. The second-order valence-corrected chi connectivity index (χ2v) is 7.39. The summed E-state index contributed by atoms with van der Waals surface area (Å²) in [5.41, 5.74) is 4.09. The first-order valence-electron chi connectivity index (χ1n) is 8.39. The predicted octanol–water partition coefficient (Wildman–Crippen LogP) is 3.68.